The predicted molar refractivity (Wildman–Crippen MR) is 154 cm³/mol. The molecule has 1 spiro atoms. The van der Waals surface area contributed by atoms with Crippen molar-refractivity contribution in [2.24, 2.45) is 34.0 Å². The maximum Gasteiger partial charge on any atom is 0.331 e. The maximum absolute atomic E-state index is 12.8. The third-order valence-corrected chi connectivity index (χ3v) is 15.4. The molecule has 1 amide bonds. The summed E-state index contributed by atoms with van der Waals surface area (Å²) in [5.74, 6) is -1.84. The van der Waals surface area contributed by atoms with E-state index >= 15 is 0 Å². The predicted octanol–water partition coefficient (Wildman–Crippen LogP) is 2.38. The Balaban J connectivity index is 1.12. The van der Waals surface area contributed by atoms with Gasteiger partial charge in [-0.1, -0.05) is 13.8 Å². The molecule has 8 rings (SSSR count). The van der Waals surface area contributed by atoms with Crippen LogP contribution < -0.4 is 5.32 Å². The summed E-state index contributed by atoms with van der Waals surface area (Å²) in [6, 6.07) is 0. The van der Waals surface area contributed by atoms with Crippen LogP contribution in [0.15, 0.2) is 12.2 Å². The summed E-state index contributed by atoms with van der Waals surface area (Å²) in [4.78, 5) is 23.3. The highest BCUT2D eigenvalue weighted by atomic mass is 32.2. The second-order valence-corrected chi connectivity index (χ2v) is 16.7. The number of amides is 1. The Morgan fingerprint density at radius 3 is 2.51 bits per heavy atom. The normalized spacial score (nSPS) is 58.7. The van der Waals surface area contributed by atoms with Crippen molar-refractivity contribution in [3.05, 3.63) is 12.2 Å². The third kappa shape index (κ3) is 3.53. The fourth-order valence-electron chi connectivity index (χ4n) is 11.8. The maximum atomic E-state index is 12.8. The number of carbonyl (C=O) groups is 2. The first-order chi connectivity index (χ1) is 20.3. The number of thioether (sulfide) groups is 1. The zero-order valence-electron chi connectivity index (χ0n) is 25.3. The lowest BCUT2D eigenvalue weighted by Gasteiger charge is -2.70. The fraction of sp³-hybridized carbons (Fsp3) is 0.875. The van der Waals surface area contributed by atoms with Gasteiger partial charge in [-0.15, -0.1) is 11.8 Å². The van der Waals surface area contributed by atoms with Gasteiger partial charge in [0.2, 0.25) is 12.2 Å². The minimum absolute atomic E-state index is 0.0320. The van der Waals surface area contributed by atoms with Crippen LogP contribution in [0.4, 0.5) is 0 Å². The number of cyclic esters (lactones) is 1. The van der Waals surface area contributed by atoms with Crippen molar-refractivity contribution in [3.8, 4) is 0 Å². The number of nitrogens with one attached hydrogen (secondary N) is 1. The highest BCUT2D eigenvalue weighted by Crippen LogP contribution is 2.74. The summed E-state index contributed by atoms with van der Waals surface area (Å²) in [5, 5.41) is 39.3. The number of fused-ring (bicyclic) bond motifs is 8. The second kappa shape index (κ2) is 9.20. The van der Waals surface area contributed by atoms with Crippen LogP contribution in [0.25, 0.3) is 0 Å². The van der Waals surface area contributed by atoms with E-state index in [1.807, 2.05) is 13.0 Å². The molecule has 4 heterocycles. The summed E-state index contributed by atoms with van der Waals surface area (Å²) in [7, 11) is 0. The van der Waals surface area contributed by atoms with Crippen molar-refractivity contribution < 1.29 is 43.9 Å². The molecule has 4 saturated carbocycles. The lowest BCUT2D eigenvalue weighted by molar-refractivity contribution is -0.450. The Morgan fingerprint density at radius 2 is 1.81 bits per heavy atom. The summed E-state index contributed by atoms with van der Waals surface area (Å²) in [6.45, 7) is 6.30. The molecule has 2 unspecified atom stereocenters. The van der Waals surface area contributed by atoms with Crippen LogP contribution in [0.2, 0.25) is 0 Å². The summed E-state index contributed by atoms with van der Waals surface area (Å²) >= 11 is 1.35. The Kier molecular flexibility index (Phi) is 6.25. The summed E-state index contributed by atoms with van der Waals surface area (Å²) in [6.07, 6.45) is 7.29. The van der Waals surface area contributed by atoms with Crippen LogP contribution in [0.1, 0.15) is 78.6 Å². The number of rotatable bonds is 2. The van der Waals surface area contributed by atoms with Crippen LogP contribution >= 0.6 is 11.8 Å². The van der Waals surface area contributed by atoms with Crippen LogP contribution in [-0.2, 0) is 28.5 Å². The minimum Gasteiger partial charge on any atom is -0.455 e. The molecule has 0 aromatic rings. The first kappa shape index (κ1) is 29.2. The quantitative estimate of drug-likeness (QED) is 0.269. The number of hydrogen-bond donors (Lipinski definition) is 4. The molecule has 4 N–H and O–H groups in total. The van der Waals surface area contributed by atoms with E-state index in [-0.39, 0.29) is 60.3 Å². The van der Waals surface area contributed by atoms with Crippen molar-refractivity contribution in [1.29, 1.82) is 0 Å². The molecule has 3 saturated heterocycles. The van der Waals surface area contributed by atoms with Gasteiger partial charge in [-0.05, 0) is 76.2 Å². The zero-order chi connectivity index (χ0) is 30.2. The van der Waals surface area contributed by atoms with Crippen molar-refractivity contribution in [3.63, 3.8) is 0 Å². The lowest BCUT2D eigenvalue weighted by atomic mass is 9.37. The van der Waals surface area contributed by atoms with Gasteiger partial charge in [-0.3, -0.25) is 4.79 Å². The van der Waals surface area contributed by atoms with Gasteiger partial charge < -0.3 is 39.6 Å². The molecular weight excluding hydrogens is 574 g/mol. The van der Waals surface area contributed by atoms with Crippen molar-refractivity contribution in [2.45, 2.75) is 126 Å². The van der Waals surface area contributed by atoms with Gasteiger partial charge >= 0.3 is 5.97 Å². The first-order valence-electron chi connectivity index (χ1n) is 16.2. The van der Waals surface area contributed by atoms with Gasteiger partial charge in [0.15, 0.2) is 0 Å². The van der Waals surface area contributed by atoms with Gasteiger partial charge in [-0.2, -0.15) is 0 Å². The van der Waals surface area contributed by atoms with Gasteiger partial charge in [-0.25, -0.2) is 4.79 Å². The highest BCUT2D eigenvalue weighted by Gasteiger charge is 2.76. The molecule has 43 heavy (non-hydrogen) atoms. The zero-order valence-corrected chi connectivity index (χ0v) is 26.1. The Hall–Kier alpha value is -1.21. The first-order valence-corrected chi connectivity index (χ1v) is 17.2. The number of esters is 1. The third-order valence-electron chi connectivity index (χ3n) is 13.9. The monoisotopic (exact) mass is 619 g/mol. The molecule has 4 aliphatic carbocycles. The van der Waals surface area contributed by atoms with Crippen LogP contribution in [-0.4, -0.2) is 86.5 Å². The molecule has 8 aliphatic rings. The van der Waals surface area contributed by atoms with Gasteiger partial charge in [0.25, 0.3) is 5.79 Å². The van der Waals surface area contributed by atoms with Crippen molar-refractivity contribution >= 4 is 23.6 Å². The average molecular weight is 620 g/mol. The van der Waals surface area contributed by atoms with Gasteiger partial charge in [0.05, 0.1) is 29.7 Å². The summed E-state index contributed by atoms with van der Waals surface area (Å²) < 4.78 is 25.0. The van der Waals surface area contributed by atoms with Crippen molar-refractivity contribution in [2.75, 3.05) is 12.4 Å². The van der Waals surface area contributed by atoms with E-state index < -0.39 is 44.9 Å². The lowest BCUT2D eigenvalue weighted by Crippen LogP contribution is -2.77. The van der Waals surface area contributed by atoms with E-state index in [0.29, 0.717) is 25.7 Å². The Morgan fingerprint density at radius 1 is 1.02 bits per heavy atom. The van der Waals surface area contributed by atoms with Gasteiger partial charge in [0, 0.05) is 41.3 Å². The van der Waals surface area contributed by atoms with E-state index in [1.54, 1.807) is 0 Å². The fourth-order valence-corrected chi connectivity index (χ4v) is 13.2. The van der Waals surface area contributed by atoms with Crippen LogP contribution in [0.3, 0.4) is 0 Å². The van der Waals surface area contributed by atoms with E-state index in [9.17, 15) is 24.9 Å². The second-order valence-electron chi connectivity index (χ2n) is 15.4. The molecule has 10 nitrogen and oxygen atoms in total. The van der Waals surface area contributed by atoms with E-state index in [4.69, 9.17) is 18.9 Å². The molecule has 4 aliphatic heterocycles. The molecule has 14 atom stereocenters. The number of aliphatic hydroxyl groups is 3. The Bertz CT molecular complexity index is 1270. The van der Waals surface area contributed by atoms with E-state index in [0.717, 1.165) is 32.1 Å². The molecule has 238 valence electrons. The standard InChI is InChI=1S/C32H45NO9S/c1-17-13-31(33-24(35)15-43-31)32(38)26(39-17)41-21-12-18-6-9-28(3)23(29(18,16-34)14-22(21)42-32)8-10-27(2)19(7-11-30(27,28)37)20-4-5-25(36)40-20/h4-5,17-23,26,34,37-38H,6-16H2,1-3H3,(H,33,35)/t17-,18+,19-,20?,21-,22-,23+,26+,27-,28-,29-,30-,31?,32-/m1/s1. The molecule has 0 aromatic heterocycles. The minimum atomic E-state index is -1.87. The molecule has 0 radical (unpaired) electrons. The SMILES string of the molecule is C[C@@H]1CC2(NC(=O)CS2)[C@]2(O)O[C@@H]3C[C@@]4(CO)[C@@H](CC[C@]5(C)[C@@H]4CC[C@]4(C)[C@@H](C6C=CC(=O)O6)CC[C@@]45O)C[C@H]3O[C@@H]2O1. The molecule has 7 fully saturated rings. The largest absolute Gasteiger partial charge is 0.455 e. The van der Waals surface area contributed by atoms with Crippen LogP contribution in [0, 0.1) is 34.0 Å². The average Bonchev–Trinajstić information content (AvgIpc) is 3.63. The number of ether oxygens (including phenoxy) is 4. The number of carbonyl (C=O) groups excluding carboxylic acids is 2. The topological polar surface area (TPSA) is 144 Å². The van der Waals surface area contributed by atoms with Crippen LogP contribution in [0.5, 0.6) is 0 Å². The van der Waals surface area contributed by atoms with E-state index in [1.165, 1.54) is 17.8 Å². The Labute approximate surface area is 256 Å². The van der Waals surface area contributed by atoms with E-state index in [2.05, 4.69) is 19.2 Å². The van der Waals surface area contributed by atoms with Crippen molar-refractivity contribution in [1.82, 2.24) is 5.32 Å². The summed E-state index contributed by atoms with van der Waals surface area (Å²) in [5.41, 5.74) is -2.37. The number of hydrogen-bond acceptors (Lipinski definition) is 10. The molecular formula is C32H45NO9S. The molecule has 11 heteroatoms. The molecule has 0 bridgehead atoms. The highest BCUT2D eigenvalue weighted by molar-refractivity contribution is 8.01. The molecule has 0 aromatic carbocycles. The smallest absolute Gasteiger partial charge is 0.331 e. The number of aliphatic hydroxyl groups excluding tert-OH is 1. The van der Waals surface area contributed by atoms with Gasteiger partial charge in [0.1, 0.15) is 11.0 Å².